The minimum absolute atomic E-state index is 0.00433. The quantitative estimate of drug-likeness (QED) is 0.191. The lowest BCUT2D eigenvalue weighted by molar-refractivity contribution is -0.172. The summed E-state index contributed by atoms with van der Waals surface area (Å²) in [6, 6.07) is 27.7. The van der Waals surface area contributed by atoms with Crippen LogP contribution in [0.15, 0.2) is 102 Å². The largest absolute Gasteiger partial charge is 0.339 e. The van der Waals surface area contributed by atoms with Gasteiger partial charge in [0.25, 0.3) is 5.91 Å². The van der Waals surface area contributed by atoms with Gasteiger partial charge in [-0.05, 0) is 78.3 Å². The number of hydrogen-bond acceptors (Lipinski definition) is 6. The second-order valence-electron chi connectivity index (χ2n) is 13.5. The van der Waals surface area contributed by atoms with Crippen molar-refractivity contribution in [3.63, 3.8) is 0 Å². The first-order chi connectivity index (χ1) is 22.8. The molecule has 1 amide bonds. The zero-order valence-corrected chi connectivity index (χ0v) is 27.2. The SMILES string of the molecule is Cn1ccc(NC(=O)C(=C[C@H]2CCC3(C2)O[C@H](c2ccccc2)[C@@H](c2ccccc2)O3)c2ccc(S(=O)(=O)C3CC3)c(C3CC3)c2)n1. The van der Waals surface area contributed by atoms with Crippen molar-refractivity contribution >= 4 is 27.1 Å². The van der Waals surface area contributed by atoms with Crippen molar-refractivity contribution < 1.29 is 22.7 Å². The fraction of sp³-hybridized carbons (Fsp3) is 0.368. The smallest absolute Gasteiger partial charge is 0.257 e. The number of aryl methyl sites for hydroxylation is 1. The molecular formula is C38H39N3O5S. The fourth-order valence-electron chi connectivity index (χ4n) is 7.20. The molecule has 1 aliphatic heterocycles. The molecular weight excluding hydrogens is 611 g/mol. The Hall–Kier alpha value is -4.05. The molecule has 1 N–H and O–H groups in total. The van der Waals surface area contributed by atoms with Gasteiger partial charge in [-0.2, -0.15) is 5.10 Å². The summed E-state index contributed by atoms with van der Waals surface area (Å²) in [5.74, 6) is -0.392. The Labute approximate surface area is 275 Å². The molecule has 4 aromatic rings. The van der Waals surface area contributed by atoms with E-state index in [0.717, 1.165) is 48.8 Å². The van der Waals surface area contributed by atoms with E-state index in [1.165, 1.54) is 0 Å². The molecule has 1 saturated heterocycles. The van der Waals surface area contributed by atoms with Gasteiger partial charge in [0.1, 0.15) is 12.2 Å². The van der Waals surface area contributed by atoms with Gasteiger partial charge in [-0.15, -0.1) is 0 Å². The van der Waals surface area contributed by atoms with Crippen LogP contribution >= 0.6 is 0 Å². The van der Waals surface area contributed by atoms with Gasteiger partial charge in [0.05, 0.1) is 10.1 Å². The number of benzene rings is 3. The summed E-state index contributed by atoms with van der Waals surface area (Å²) in [5, 5.41) is 7.04. The van der Waals surface area contributed by atoms with Gasteiger partial charge in [-0.25, -0.2) is 8.42 Å². The molecule has 3 aromatic carbocycles. The van der Waals surface area contributed by atoms with Gasteiger partial charge in [0.2, 0.25) is 0 Å². The van der Waals surface area contributed by atoms with E-state index in [4.69, 9.17) is 9.47 Å². The second kappa shape index (κ2) is 11.9. The summed E-state index contributed by atoms with van der Waals surface area (Å²) in [7, 11) is -1.57. The maximum absolute atomic E-state index is 14.0. The van der Waals surface area contributed by atoms with E-state index in [1.54, 1.807) is 36.1 Å². The molecule has 3 atom stereocenters. The summed E-state index contributed by atoms with van der Waals surface area (Å²) in [5.41, 5.74) is 4.21. The van der Waals surface area contributed by atoms with Crippen molar-refractivity contribution in [1.29, 1.82) is 0 Å². The Morgan fingerprint density at radius 1 is 0.894 bits per heavy atom. The zero-order valence-electron chi connectivity index (χ0n) is 26.4. The molecule has 0 radical (unpaired) electrons. The lowest BCUT2D eigenvalue weighted by Gasteiger charge is -2.23. The lowest BCUT2D eigenvalue weighted by atomic mass is 9.95. The number of nitrogens with one attached hydrogen (secondary N) is 1. The Morgan fingerprint density at radius 3 is 2.13 bits per heavy atom. The summed E-state index contributed by atoms with van der Waals surface area (Å²) in [4.78, 5) is 14.4. The average molecular weight is 650 g/mol. The van der Waals surface area contributed by atoms with Crippen molar-refractivity contribution in [2.75, 3.05) is 5.32 Å². The third-order valence-corrected chi connectivity index (χ3v) is 12.2. The van der Waals surface area contributed by atoms with Gasteiger partial charge in [-0.3, -0.25) is 9.48 Å². The monoisotopic (exact) mass is 649 g/mol. The topological polar surface area (TPSA) is 99.5 Å². The number of ether oxygens (including phenoxy) is 2. The van der Waals surface area contributed by atoms with Crippen LogP contribution in [0.25, 0.3) is 5.57 Å². The van der Waals surface area contributed by atoms with E-state index >= 15 is 0 Å². The maximum atomic E-state index is 14.0. The molecule has 2 heterocycles. The van der Waals surface area contributed by atoms with Crippen molar-refractivity contribution in [3.05, 3.63) is 119 Å². The standard InChI is InChI=1S/C38H39N3O5S/c1-41-21-19-34(40-41)39-37(42)32(29-14-17-33(31(23-29)26-12-13-26)47(43,44)30-15-16-30)22-25-18-20-38(24-25)45-35(27-8-4-2-5-9-27)36(46-38)28-10-6-3-7-11-28/h2-11,14,17,19,21-23,25-26,30,35-36H,12-13,15-16,18,20,24H2,1H3,(H,39,40,42)/t25-,35-,36-/m1/s1. The Bertz CT molecular complexity index is 1880. The molecule has 9 heteroatoms. The van der Waals surface area contributed by atoms with Crippen LogP contribution in [0.2, 0.25) is 0 Å². The third kappa shape index (κ3) is 6.08. The van der Waals surface area contributed by atoms with Crippen LogP contribution in [0.3, 0.4) is 0 Å². The zero-order chi connectivity index (χ0) is 32.2. The molecule has 242 valence electrons. The first-order valence-corrected chi connectivity index (χ1v) is 18.2. The Balaban J connectivity index is 1.13. The minimum Gasteiger partial charge on any atom is -0.339 e. The molecule has 3 aliphatic carbocycles. The Kier molecular flexibility index (Phi) is 7.66. The van der Waals surface area contributed by atoms with Crippen LogP contribution in [0.1, 0.15) is 85.3 Å². The van der Waals surface area contributed by atoms with E-state index in [1.807, 2.05) is 48.5 Å². The van der Waals surface area contributed by atoms with E-state index < -0.39 is 15.6 Å². The summed E-state index contributed by atoms with van der Waals surface area (Å²) in [6.07, 6.45) is 8.74. The van der Waals surface area contributed by atoms with Crippen LogP contribution in [-0.2, 0) is 31.2 Å². The highest BCUT2D eigenvalue weighted by Crippen LogP contribution is 2.55. The molecule has 8 rings (SSSR count). The molecule has 4 aliphatic rings. The number of sulfone groups is 1. The number of allylic oxidation sites excluding steroid dienone is 1. The van der Waals surface area contributed by atoms with Gasteiger partial charge in [0, 0.05) is 37.7 Å². The summed E-state index contributed by atoms with van der Waals surface area (Å²) in [6.45, 7) is 0. The first-order valence-electron chi connectivity index (χ1n) is 16.6. The highest BCUT2D eigenvalue weighted by Gasteiger charge is 2.52. The molecule has 1 spiro atoms. The summed E-state index contributed by atoms with van der Waals surface area (Å²) >= 11 is 0. The lowest BCUT2D eigenvalue weighted by Crippen LogP contribution is -2.26. The van der Waals surface area contributed by atoms with Crippen molar-refractivity contribution in [2.45, 2.75) is 79.0 Å². The number of anilines is 1. The molecule has 4 fully saturated rings. The summed E-state index contributed by atoms with van der Waals surface area (Å²) < 4.78 is 42.0. The average Bonchev–Trinajstić information content (AvgIpc) is 4.02. The predicted octanol–water partition coefficient (Wildman–Crippen LogP) is 7.28. The van der Waals surface area contributed by atoms with Gasteiger partial charge >= 0.3 is 0 Å². The normalized spacial score (nSPS) is 24.1. The molecule has 1 aromatic heterocycles. The minimum atomic E-state index is -3.37. The highest BCUT2D eigenvalue weighted by atomic mass is 32.2. The molecule has 47 heavy (non-hydrogen) atoms. The van der Waals surface area contributed by atoms with Gasteiger partial charge in [-0.1, -0.05) is 72.8 Å². The van der Waals surface area contributed by atoms with Crippen LogP contribution < -0.4 is 5.32 Å². The number of rotatable bonds is 9. The number of nitrogens with zero attached hydrogens (tertiary/aromatic N) is 2. The van der Waals surface area contributed by atoms with E-state index in [-0.39, 0.29) is 35.2 Å². The van der Waals surface area contributed by atoms with Crippen molar-refractivity contribution in [1.82, 2.24) is 9.78 Å². The molecule has 8 nitrogen and oxygen atoms in total. The van der Waals surface area contributed by atoms with Crippen LogP contribution in [-0.4, -0.2) is 35.1 Å². The van der Waals surface area contributed by atoms with Gasteiger partial charge < -0.3 is 14.8 Å². The van der Waals surface area contributed by atoms with E-state index in [2.05, 4.69) is 34.7 Å². The second-order valence-corrected chi connectivity index (χ2v) is 15.7. The van der Waals surface area contributed by atoms with Crippen LogP contribution in [0, 0.1) is 5.92 Å². The number of amides is 1. The van der Waals surface area contributed by atoms with Gasteiger partial charge in [0.15, 0.2) is 21.4 Å². The van der Waals surface area contributed by atoms with Crippen molar-refractivity contribution in [3.8, 4) is 0 Å². The van der Waals surface area contributed by atoms with E-state index in [9.17, 15) is 13.2 Å². The maximum Gasteiger partial charge on any atom is 0.257 e. The molecule has 0 bridgehead atoms. The number of hydrogen-bond donors (Lipinski definition) is 1. The predicted molar refractivity (Wildman–Crippen MR) is 179 cm³/mol. The first kappa shape index (κ1) is 30.3. The number of carbonyl (C=O) groups is 1. The molecule has 0 unspecified atom stereocenters. The fourth-order valence-corrected chi connectivity index (χ4v) is 9.13. The third-order valence-electron chi connectivity index (χ3n) is 9.89. The Morgan fingerprint density at radius 2 is 1.55 bits per heavy atom. The van der Waals surface area contributed by atoms with Crippen LogP contribution in [0.5, 0.6) is 0 Å². The van der Waals surface area contributed by atoms with E-state index in [0.29, 0.717) is 34.7 Å². The van der Waals surface area contributed by atoms with Crippen LogP contribution in [0.4, 0.5) is 5.82 Å². The molecule has 3 saturated carbocycles. The highest BCUT2D eigenvalue weighted by molar-refractivity contribution is 7.92. The number of carbonyl (C=O) groups excluding carboxylic acids is 1. The van der Waals surface area contributed by atoms with Crippen molar-refractivity contribution in [2.24, 2.45) is 13.0 Å². The number of aromatic nitrogens is 2.